The van der Waals surface area contributed by atoms with Crippen molar-refractivity contribution in [3.8, 4) is 17.1 Å². The number of nitrogens with one attached hydrogen (secondary N) is 1. The first-order valence-electron chi connectivity index (χ1n) is 13.9. The maximum atomic E-state index is 13.0. The van der Waals surface area contributed by atoms with E-state index >= 15 is 0 Å². The number of aromatic nitrogens is 3. The molecule has 0 aliphatic heterocycles. The van der Waals surface area contributed by atoms with Gasteiger partial charge in [-0.15, -0.1) is 0 Å². The second-order valence-electron chi connectivity index (χ2n) is 11.3. The van der Waals surface area contributed by atoms with Crippen LogP contribution in [0.5, 0.6) is 5.88 Å². The molecule has 2 aromatic heterocycles. The normalized spacial score (nSPS) is 13.3. The first-order chi connectivity index (χ1) is 20.2. The van der Waals surface area contributed by atoms with Crippen molar-refractivity contribution in [2.24, 2.45) is 5.92 Å². The van der Waals surface area contributed by atoms with Crippen LogP contribution in [-0.4, -0.2) is 38.9 Å². The number of H-pyrrole nitrogens is 1. The molecule has 0 unspecified atom stereocenters. The molecule has 7 nitrogen and oxygen atoms in total. The number of imidazole rings is 1. The highest BCUT2D eigenvalue weighted by molar-refractivity contribution is 6.07. The van der Waals surface area contributed by atoms with Crippen molar-refractivity contribution in [2.45, 2.75) is 72.1 Å². The van der Waals surface area contributed by atoms with E-state index < -0.39 is 23.3 Å². The minimum Gasteiger partial charge on any atom is -0.478 e. The number of nitrogens with zero attached hydrogens (tertiary/aromatic N) is 2. The van der Waals surface area contributed by atoms with Crippen molar-refractivity contribution in [2.75, 3.05) is 6.61 Å². The fourth-order valence-electron chi connectivity index (χ4n) is 4.11. The highest BCUT2D eigenvalue weighted by atomic mass is 19.4. The van der Waals surface area contributed by atoms with E-state index in [0.717, 1.165) is 23.4 Å². The number of carbonyl (C=O) groups excluding carboxylic acids is 2. The third-order valence-electron chi connectivity index (χ3n) is 6.28. The Morgan fingerprint density at radius 2 is 1.88 bits per heavy atom. The van der Waals surface area contributed by atoms with Gasteiger partial charge in [0, 0.05) is 23.4 Å². The number of ether oxygens (including phenoxy) is 2. The molecule has 0 aliphatic carbocycles. The van der Waals surface area contributed by atoms with Gasteiger partial charge in [-0.3, -0.25) is 4.79 Å². The Kier molecular flexibility index (Phi) is 11.3. The van der Waals surface area contributed by atoms with Crippen molar-refractivity contribution in [3.63, 3.8) is 0 Å². The number of alkyl halides is 3. The molecule has 1 aromatic carbocycles. The molecule has 3 rings (SSSR count). The Hall–Kier alpha value is -4.39. The summed E-state index contributed by atoms with van der Waals surface area (Å²) in [4.78, 5) is 36.8. The smallest absolute Gasteiger partial charge is 0.417 e. The summed E-state index contributed by atoms with van der Waals surface area (Å²) in [5, 5.41) is 0. The maximum absolute atomic E-state index is 13.0. The summed E-state index contributed by atoms with van der Waals surface area (Å²) in [5.74, 6) is -0.507. The fraction of sp³-hybridized carbons (Fsp3) is 0.394. The second kappa shape index (κ2) is 14.7. The average Bonchev–Trinajstić information content (AvgIpc) is 3.42. The van der Waals surface area contributed by atoms with Gasteiger partial charge < -0.3 is 14.5 Å². The molecule has 0 spiro atoms. The Morgan fingerprint density at radius 1 is 1.12 bits per heavy atom. The van der Waals surface area contributed by atoms with Crippen LogP contribution in [0.25, 0.3) is 11.3 Å². The zero-order valence-corrected chi connectivity index (χ0v) is 25.0. The molecule has 10 heteroatoms. The van der Waals surface area contributed by atoms with Gasteiger partial charge in [0.15, 0.2) is 0 Å². The highest BCUT2D eigenvalue weighted by Gasteiger charge is 2.30. The van der Waals surface area contributed by atoms with E-state index in [1.165, 1.54) is 12.4 Å². The van der Waals surface area contributed by atoms with Crippen LogP contribution < -0.4 is 4.74 Å². The SMILES string of the molecule is C/C(=C/C(=O)c1[nH]cnc1-c1cc#ccc1)CC/C=C(/C[C@H](C)CCOc1ccc(C(F)(F)F)cn1)C(=O)OC(C)(C)C. The summed E-state index contributed by atoms with van der Waals surface area (Å²) < 4.78 is 49.4. The highest BCUT2D eigenvalue weighted by Crippen LogP contribution is 2.29. The van der Waals surface area contributed by atoms with Crippen molar-refractivity contribution >= 4 is 11.8 Å². The molecular formula is C33H36F3N3O4. The fourth-order valence-corrected chi connectivity index (χ4v) is 4.11. The number of esters is 1. The molecule has 0 amide bonds. The Labute approximate surface area is 250 Å². The minimum atomic E-state index is -4.46. The van der Waals surface area contributed by atoms with Crippen LogP contribution in [0.15, 0.2) is 66.2 Å². The predicted octanol–water partition coefficient (Wildman–Crippen LogP) is 7.76. The van der Waals surface area contributed by atoms with Gasteiger partial charge in [0.25, 0.3) is 0 Å². The molecule has 0 saturated carbocycles. The number of allylic oxidation sites excluding steroid dienone is 3. The lowest BCUT2D eigenvalue weighted by Crippen LogP contribution is -2.25. The van der Waals surface area contributed by atoms with E-state index in [1.54, 1.807) is 39.0 Å². The van der Waals surface area contributed by atoms with Gasteiger partial charge in [-0.2, -0.15) is 13.2 Å². The summed E-state index contributed by atoms with van der Waals surface area (Å²) in [6.45, 7) is 9.42. The van der Waals surface area contributed by atoms with Crippen LogP contribution in [0.3, 0.4) is 0 Å². The molecule has 1 atom stereocenters. The standard InChI is InChI=1S/C33H36F3N3O4/c1-22(19-27(40)30-29(38-21-39-30)24-11-7-6-8-12-24)10-9-13-25(31(41)43-32(3,4)5)18-23(2)16-17-42-28-15-14-26(20-37-28)33(34,35)36/h7,11-15,19-21,23H,9-10,16-18H2,1-5H3,(H,38,39)/b22-19-,25-13-/t23-/m1/s1. The molecule has 0 radical (unpaired) electrons. The number of rotatable bonds is 13. The Bertz CT molecular complexity index is 1420. The van der Waals surface area contributed by atoms with Crippen LogP contribution in [-0.2, 0) is 15.7 Å². The number of hydrogen-bond donors (Lipinski definition) is 1. The zero-order valence-electron chi connectivity index (χ0n) is 25.0. The van der Waals surface area contributed by atoms with Gasteiger partial charge >= 0.3 is 12.1 Å². The van der Waals surface area contributed by atoms with Crippen molar-refractivity contribution in [1.82, 2.24) is 15.0 Å². The van der Waals surface area contributed by atoms with Gasteiger partial charge in [-0.1, -0.05) is 30.7 Å². The van der Waals surface area contributed by atoms with E-state index in [1.807, 2.05) is 26.0 Å². The molecule has 0 saturated heterocycles. The van der Waals surface area contributed by atoms with Crippen molar-refractivity contribution in [3.05, 3.63) is 89.5 Å². The zero-order chi connectivity index (χ0) is 31.6. The number of halogens is 3. The van der Waals surface area contributed by atoms with Crippen molar-refractivity contribution < 1.29 is 32.2 Å². The summed E-state index contributed by atoms with van der Waals surface area (Å²) in [7, 11) is 0. The van der Waals surface area contributed by atoms with Crippen LogP contribution in [0, 0.1) is 18.1 Å². The summed E-state index contributed by atoms with van der Waals surface area (Å²) >= 11 is 0. The number of aromatic amines is 1. The first-order valence-corrected chi connectivity index (χ1v) is 13.9. The van der Waals surface area contributed by atoms with Crippen LogP contribution in [0.4, 0.5) is 13.2 Å². The summed E-state index contributed by atoms with van der Waals surface area (Å²) in [6.07, 6.45) is 3.18. The topological polar surface area (TPSA) is 94.2 Å². The monoisotopic (exact) mass is 595 g/mol. The molecule has 43 heavy (non-hydrogen) atoms. The van der Waals surface area contributed by atoms with Gasteiger partial charge in [0.2, 0.25) is 11.7 Å². The van der Waals surface area contributed by atoms with E-state index in [0.29, 0.717) is 42.6 Å². The lowest BCUT2D eigenvalue weighted by Gasteiger charge is -2.22. The van der Waals surface area contributed by atoms with E-state index in [4.69, 9.17) is 9.47 Å². The molecule has 228 valence electrons. The molecule has 0 fully saturated rings. The molecule has 1 N–H and O–H groups in total. The number of ketones is 1. The molecule has 2 heterocycles. The van der Waals surface area contributed by atoms with Crippen molar-refractivity contribution in [1.29, 1.82) is 0 Å². The lowest BCUT2D eigenvalue weighted by atomic mass is 9.96. The Morgan fingerprint density at radius 3 is 2.51 bits per heavy atom. The van der Waals surface area contributed by atoms with Gasteiger partial charge in [0.05, 0.1) is 18.5 Å². The van der Waals surface area contributed by atoms with Crippen LogP contribution in [0.2, 0.25) is 0 Å². The summed E-state index contributed by atoms with van der Waals surface area (Å²) in [5.41, 5.74) is 1.52. The summed E-state index contributed by atoms with van der Waals surface area (Å²) in [6, 6.07) is 13.0. The predicted molar refractivity (Wildman–Crippen MR) is 156 cm³/mol. The molecular weight excluding hydrogens is 559 g/mol. The largest absolute Gasteiger partial charge is 0.478 e. The number of carbonyl (C=O) groups is 2. The average molecular weight is 596 g/mol. The lowest BCUT2D eigenvalue weighted by molar-refractivity contribution is -0.150. The minimum absolute atomic E-state index is 0.0121. The van der Waals surface area contributed by atoms with Crippen LogP contribution in [0.1, 0.15) is 76.4 Å². The quantitative estimate of drug-likeness (QED) is 0.123. The van der Waals surface area contributed by atoms with E-state index in [9.17, 15) is 22.8 Å². The number of pyridine rings is 1. The maximum Gasteiger partial charge on any atom is 0.417 e. The third kappa shape index (κ3) is 10.7. The third-order valence-corrected chi connectivity index (χ3v) is 6.28. The van der Waals surface area contributed by atoms with Crippen LogP contribution >= 0.6 is 0 Å². The molecule has 0 aliphatic rings. The molecule has 3 aromatic rings. The Balaban J connectivity index is 1.60. The van der Waals surface area contributed by atoms with Gasteiger partial charge in [-0.05, 0) is 89.6 Å². The van der Waals surface area contributed by atoms with Gasteiger partial charge in [-0.25, -0.2) is 14.8 Å². The first kappa shape index (κ1) is 33.1. The van der Waals surface area contributed by atoms with E-state index in [-0.39, 0.29) is 24.2 Å². The van der Waals surface area contributed by atoms with Gasteiger partial charge in [0.1, 0.15) is 17.0 Å². The second-order valence-corrected chi connectivity index (χ2v) is 11.3. The van der Waals surface area contributed by atoms with E-state index in [2.05, 4.69) is 27.1 Å². The molecule has 0 bridgehead atoms. The number of hydrogen-bond acceptors (Lipinski definition) is 6.